The molecular formula is C29H37N7O2. The van der Waals surface area contributed by atoms with Gasteiger partial charge in [0.1, 0.15) is 11.6 Å². The number of carbonyl (C=O) groups is 1. The second-order valence-corrected chi connectivity index (χ2v) is 10.3. The summed E-state index contributed by atoms with van der Waals surface area (Å²) in [7, 11) is 7.65. The zero-order valence-corrected chi connectivity index (χ0v) is 23.1. The molecule has 0 spiro atoms. The molecule has 200 valence electrons. The van der Waals surface area contributed by atoms with Crippen molar-refractivity contribution in [1.29, 1.82) is 0 Å². The number of anilines is 6. The maximum atomic E-state index is 12.3. The predicted molar refractivity (Wildman–Crippen MR) is 155 cm³/mol. The van der Waals surface area contributed by atoms with Gasteiger partial charge in [-0.25, -0.2) is 4.98 Å². The van der Waals surface area contributed by atoms with E-state index in [9.17, 15) is 4.79 Å². The Kier molecular flexibility index (Phi) is 7.87. The Labute approximate surface area is 225 Å². The van der Waals surface area contributed by atoms with E-state index in [-0.39, 0.29) is 11.3 Å². The molecule has 0 aliphatic carbocycles. The molecule has 9 heteroatoms. The molecule has 1 aliphatic heterocycles. The zero-order valence-electron chi connectivity index (χ0n) is 23.1. The lowest BCUT2D eigenvalue weighted by atomic mass is 9.87. The fourth-order valence-electron chi connectivity index (χ4n) is 4.64. The molecule has 1 aliphatic rings. The Balaban J connectivity index is 1.67. The highest BCUT2D eigenvalue weighted by molar-refractivity contribution is 6.02. The van der Waals surface area contributed by atoms with E-state index in [4.69, 9.17) is 9.72 Å². The number of hydrogen-bond donors (Lipinski definition) is 2. The third kappa shape index (κ3) is 5.73. The lowest BCUT2D eigenvalue weighted by Gasteiger charge is -2.26. The highest BCUT2D eigenvalue weighted by Gasteiger charge is 2.36. The molecule has 0 fully saturated rings. The van der Waals surface area contributed by atoms with Crippen molar-refractivity contribution in [2.75, 3.05) is 68.3 Å². The summed E-state index contributed by atoms with van der Waals surface area (Å²) in [6.07, 6.45) is 3.00. The second-order valence-electron chi connectivity index (χ2n) is 10.3. The Hall–Kier alpha value is -4.11. The maximum absolute atomic E-state index is 12.3. The van der Waals surface area contributed by atoms with Crippen LogP contribution in [-0.4, -0.2) is 68.7 Å². The van der Waals surface area contributed by atoms with Crippen LogP contribution in [0.5, 0.6) is 5.75 Å². The molecule has 0 atom stereocenters. The quantitative estimate of drug-likeness (QED) is 0.373. The molecule has 4 rings (SSSR count). The molecule has 1 aromatic heterocycles. The standard InChI is InChI=1S/C29H37N7O2/c1-8-27(37)31-21-17-22(25(38-7)18-24(21)35(6)16-15-34(4)5)32-28-30-14-13-26(33-28)36-19-29(2,3)20-11-9-10-12-23(20)36/h8-14,17-18H,1,15-16,19H2,2-7H3,(H,31,37)(H,30,32,33). The molecule has 2 aromatic carbocycles. The van der Waals surface area contributed by atoms with Gasteiger partial charge in [0.2, 0.25) is 11.9 Å². The topological polar surface area (TPSA) is 85.9 Å². The van der Waals surface area contributed by atoms with Crippen molar-refractivity contribution in [2.24, 2.45) is 0 Å². The predicted octanol–water partition coefficient (Wildman–Crippen LogP) is 4.78. The van der Waals surface area contributed by atoms with Crippen molar-refractivity contribution < 1.29 is 9.53 Å². The van der Waals surface area contributed by atoms with E-state index in [2.05, 4.69) is 75.0 Å². The van der Waals surface area contributed by atoms with Gasteiger partial charge in [-0.1, -0.05) is 38.6 Å². The van der Waals surface area contributed by atoms with E-state index in [1.807, 2.05) is 39.3 Å². The molecule has 9 nitrogen and oxygen atoms in total. The number of rotatable bonds is 10. The molecule has 0 saturated heterocycles. The summed E-state index contributed by atoms with van der Waals surface area (Å²) in [6.45, 7) is 10.5. The normalized spacial score (nSPS) is 13.7. The van der Waals surface area contributed by atoms with Crippen LogP contribution >= 0.6 is 0 Å². The Bertz CT molecular complexity index is 1320. The van der Waals surface area contributed by atoms with Crippen molar-refractivity contribution in [3.63, 3.8) is 0 Å². The number of amides is 1. The first kappa shape index (κ1) is 26.9. The van der Waals surface area contributed by atoms with Crippen molar-refractivity contribution in [2.45, 2.75) is 19.3 Å². The summed E-state index contributed by atoms with van der Waals surface area (Å²) in [5, 5.41) is 6.23. The van der Waals surface area contributed by atoms with Crippen LogP contribution in [0.2, 0.25) is 0 Å². The minimum atomic E-state index is -0.295. The van der Waals surface area contributed by atoms with Crippen LogP contribution in [0, 0.1) is 0 Å². The van der Waals surface area contributed by atoms with E-state index in [1.54, 1.807) is 13.3 Å². The highest BCUT2D eigenvalue weighted by Crippen LogP contribution is 2.44. The highest BCUT2D eigenvalue weighted by atomic mass is 16.5. The number of carbonyl (C=O) groups excluding carboxylic acids is 1. The van der Waals surface area contributed by atoms with Crippen LogP contribution in [0.4, 0.5) is 34.5 Å². The number of nitrogens with zero attached hydrogens (tertiary/aromatic N) is 5. The molecule has 0 saturated carbocycles. The minimum absolute atomic E-state index is 0.00502. The van der Waals surface area contributed by atoms with Crippen molar-refractivity contribution in [3.8, 4) is 5.75 Å². The molecular weight excluding hydrogens is 478 g/mol. The van der Waals surface area contributed by atoms with Gasteiger partial charge in [-0.3, -0.25) is 4.79 Å². The number of aromatic nitrogens is 2. The van der Waals surface area contributed by atoms with Gasteiger partial charge >= 0.3 is 0 Å². The van der Waals surface area contributed by atoms with Gasteiger partial charge < -0.3 is 30.1 Å². The van der Waals surface area contributed by atoms with Gasteiger partial charge in [-0.15, -0.1) is 0 Å². The average Bonchev–Trinajstić information content (AvgIpc) is 3.18. The second kappa shape index (κ2) is 11.1. The van der Waals surface area contributed by atoms with Gasteiger partial charge in [0.05, 0.1) is 24.2 Å². The Morgan fingerprint density at radius 1 is 1.16 bits per heavy atom. The number of benzene rings is 2. The van der Waals surface area contributed by atoms with Gasteiger partial charge in [-0.05, 0) is 43.9 Å². The van der Waals surface area contributed by atoms with E-state index >= 15 is 0 Å². The summed E-state index contributed by atoms with van der Waals surface area (Å²) < 4.78 is 5.73. The first-order valence-corrected chi connectivity index (χ1v) is 12.6. The van der Waals surface area contributed by atoms with Gasteiger partial charge in [0.15, 0.2) is 0 Å². The summed E-state index contributed by atoms with van der Waals surface area (Å²) in [6, 6.07) is 14.1. The van der Waals surface area contributed by atoms with E-state index in [1.165, 1.54) is 11.6 Å². The summed E-state index contributed by atoms with van der Waals surface area (Å²) in [4.78, 5) is 28.0. The fraction of sp³-hybridized carbons (Fsp3) is 0.345. The van der Waals surface area contributed by atoms with Crippen LogP contribution in [0.1, 0.15) is 19.4 Å². The third-order valence-corrected chi connectivity index (χ3v) is 6.70. The maximum Gasteiger partial charge on any atom is 0.247 e. The first-order chi connectivity index (χ1) is 18.1. The number of hydrogen-bond acceptors (Lipinski definition) is 8. The van der Waals surface area contributed by atoms with Crippen molar-refractivity contribution >= 4 is 40.4 Å². The molecule has 0 bridgehead atoms. The lowest BCUT2D eigenvalue weighted by Crippen LogP contribution is -2.29. The van der Waals surface area contributed by atoms with Gasteiger partial charge in [0, 0.05) is 50.0 Å². The van der Waals surface area contributed by atoms with E-state index in [0.29, 0.717) is 23.1 Å². The van der Waals surface area contributed by atoms with Crippen LogP contribution < -0.4 is 25.2 Å². The summed E-state index contributed by atoms with van der Waals surface area (Å²) >= 11 is 0. The molecule has 2 heterocycles. The van der Waals surface area contributed by atoms with Crippen LogP contribution in [0.25, 0.3) is 0 Å². The molecule has 3 aromatic rings. The van der Waals surface area contributed by atoms with Crippen LogP contribution in [0.15, 0.2) is 61.3 Å². The number of para-hydroxylation sites is 1. The monoisotopic (exact) mass is 515 g/mol. The molecule has 0 unspecified atom stereocenters. The number of nitrogens with one attached hydrogen (secondary N) is 2. The zero-order chi connectivity index (χ0) is 27.4. The lowest BCUT2D eigenvalue weighted by molar-refractivity contribution is -0.111. The van der Waals surface area contributed by atoms with Crippen LogP contribution in [0.3, 0.4) is 0 Å². The van der Waals surface area contributed by atoms with E-state index < -0.39 is 0 Å². The SMILES string of the molecule is C=CC(=O)Nc1cc(Nc2nccc(N3CC(C)(C)c4ccccc43)n2)c(OC)cc1N(C)CCN(C)C. The van der Waals surface area contributed by atoms with E-state index in [0.717, 1.165) is 36.8 Å². The third-order valence-electron chi connectivity index (χ3n) is 6.70. The summed E-state index contributed by atoms with van der Waals surface area (Å²) in [5.74, 6) is 1.55. The molecule has 2 N–H and O–H groups in total. The fourth-order valence-corrected chi connectivity index (χ4v) is 4.64. The Morgan fingerprint density at radius 2 is 1.92 bits per heavy atom. The number of fused-ring (bicyclic) bond motifs is 1. The number of likely N-dealkylation sites (N-methyl/N-ethyl adjacent to an activating group) is 2. The molecule has 38 heavy (non-hydrogen) atoms. The van der Waals surface area contributed by atoms with Gasteiger partial charge in [-0.2, -0.15) is 4.98 Å². The largest absolute Gasteiger partial charge is 0.494 e. The molecule has 1 amide bonds. The smallest absolute Gasteiger partial charge is 0.247 e. The van der Waals surface area contributed by atoms with Gasteiger partial charge in [0.25, 0.3) is 0 Å². The average molecular weight is 516 g/mol. The van der Waals surface area contributed by atoms with Crippen LogP contribution in [-0.2, 0) is 10.2 Å². The van der Waals surface area contributed by atoms with Crippen molar-refractivity contribution in [1.82, 2.24) is 14.9 Å². The minimum Gasteiger partial charge on any atom is -0.494 e. The Morgan fingerprint density at radius 3 is 2.63 bits per heavy atom. The summed E-state index contributed by atoms with van der Waals surface area (Å²) in [5.41, 5.74) is 4.55. The first-order valence-electron chi connectivity index (χ1n) is 12.6. The number of methoxy groups -OCH3 is 1. The molecule has 0 radical (unpaired) electrons. The number of ether oxygens (including phenoxy) is 1. The van der Waals surface area contributed by atoms with Crippen molar-refractivity contribution in [3.05, 3.63) is 66.9 Å².